The fourth-order valence-corrected chi connectivity index (χ4v) is 2.65. The number of hydrazone groups is 1. The molecular formula is C17H16BrClN2O3. The van der Waals surface area contributed by atoms with Gasteiger partial charge in [0.15, 0.2) is 0 Å². The minimum atomic E-state index is -0.348. The Balaban J connectivity index is 2.15. The SMILES string of the molecule is COc1cc(OC)c(/C=N\NC(=O)c2ccc(C)c(Cl)c2)cc1Br. The first-order chi connectivity index (χ1) is 11.5. The Bertz CT molecular complexity index is 794. The highest BCUT2D eigenvalue weighted by atomic mass is 79.9. The molecule has 0 unspecified atom stereocenters. The zero-order valence-corrected chi connectivity index (χ0v) is 15.7. The summed E-state index contributed by atoms with van der Waals surface area (Å²) in [6, 6.07) is 8.59. The van der Waals surface area contributed by atoms with Crippen LogP contribution in [0.2, 0.25) is 5.02 Å². The van der Waals surface area contributed by atoms with Crippen molar-refractivity contribution in [1.82, 2.24) is 5.43 Å². The zero-order valence-electron chi connectivity index (χ0n) is 13.4. The lowest BCUT2D eigenvalue weighted by Crippen LogP contribution is -2.17. The molecule has 24 heavy (non-hydrogen) atoms. The van der Waals surface area contributed by atoms with Gasteiger partial charge in [0.25, 0.3) is 5.91 Å². The first-order valence-electron chi connectivity index (χ1n) is 6.97. The van der Waals surface area contributed by atoms with Crippen molar-refractivity contribution in [3.63, 3.8) is 0 Å². The van der Waals surface area contributed by atoms with Crippen molar-refractivity contribution in [2.45, 2.75) is 6.92 Å². The van der Waals surface area contributed by atoms with Gasteiger partial charge < -0.3 is 9.47 Å². The van der Waals surface area contributed by atoms with Crippen molar-refractivity contribution in [3.8, 4) is 11.5 Å². The van der Waals surface area contributed by atoms with Crippen molar-refractivity contribution in [2.24, 2.45) is 5.10 Å². The van der Waals surface area contributed by atoms with Crippen LogP contribution in [-0.2, 0) is 0 Å². The van der Waals surface area contributed by atoms with Gasteiger partial charge in [-0.2, -0.15) is 5.10 Å². The number of benzene rings is 2. The van der Waals surface area contributed by atoms with E-state index in [2.05, 4.69) is 26.5 Å². The third kappa shape index (κ3) is 4.27. The molecule has 0 bridgehead atoms. The quantitative estimate of drug-likeness (QED) is 0.593. The van der Waals surface area contributed by atoms with Crippen LogP contribution in [-0.4, -0.2) is 26.3 Å². The summed E-state index contributed by atoms with van der Waals surface area (Å²) in [5.74, 6) is 0.869. The molecule has 0 aliphatic rings. The molecule has 1 amide bonds. The molecular weight excluding hydrogens is 396 g/mol. The van der Waals surface area contributed by atoms with Crippen molar-refractivity contribution < 1.29 is 14.3 Å². The summed E-state index contributed by atoms with van der Waals surface area (Å²) in [5, 5.41) is 4.50. The average Bonchev–Trinajstić information content (AvgIpc) is 2.57. The summed E-state index contributed by atoms with van der Waals surface area (Å²) < 4.78 is 11.3. The van der Waals surface area contributed by atoms with Gasteiger partial charge in [0.05, 0.1) is 24.9 Å². The molecule has 2 aromatic carbocycles. The Morgan fingerprint density at radius 1 is 1.21 bits per heavy atom. The van der Waals surface area contributed by atoms with E-state index in [1.807, 2.05) is 6.92 Å². The van der Waals surface area contributed by atoms with Crippen LogP contribution in [0.15, 0.2) is 39.9 Å². The van der Waals surface area contributed by atoms with Crippen LogP contribution in [0.3, 0.4) is 0 Å². The number of carbonyl (C=O) groups is 1. The number of amides is 1. The van der Waals surface area contributed by atoms with Gasteiger partial charge in [-0.05, 0) is 46.6 Å². The predicted molar refractivity (Wildman–Crippen MR) is 98.5 cm³/mol. The van der Waals surface area contributed by atoms with Crippen LogP contribution >= 0.6 is 27.5 Å². The predicted octanol–water partition coefficient (Wildman–Crippen LogP) is 4.19. The first-order valence-corrected chi connectivity index (χ1v) is 8.14. The van der Waals surface area contributed by atoms with E-state index in [4.69, 9.17) is 21.1 Å². The number of rotatable bonds is 5. The van der Waals surface area contributed by atoms with E-state index >= 15 is 0 Å². The van der Waals surface area contributed by atoms with Gasteiger partial charge >= 0.3 is 0 Å². The molecule has 0 fully saturated rings. The monoisotopic (exact) mass is 410 g/mol. The molecule has 0 atom stereocenters. The second-order valence-corrected chi connectivity index (χ2v) is 6.15. The minimum Gasteiger partial charge on any atom is -0.496 e. The number of nitrogens with zero attached hydrogens (tertiary/aromatic N) is 1. The second-order valence-electron chi connectivity index (χ2n) is 4.89. The highest BCUT2D eigenvalue weighted by molar-refractivity contribution is 9.10. The Kier molecular flexibility index (Phi) is 6.23. The standard InChI is InChI=1S/C17H16BrClN2O3/c1-10-4-5-11(7-14(10)19)17(22)21-20-9-12-6-13(18)16(24-3)8-15(12)23-2/h4-9H,1-3H3,(H,21,22)/b20-9-. The maximum absolute atomic E-state index is 12.1. The molecule has 2 rings (SSSR count). The number of aryl methyl sites for hydroxylation is 1. The van der Waals surface area contributed by atoms with E-state index in [0.29, 0.717) is 27.6 Å². The van der Waals surface area contributed by atoms with E-state index in [0.717, 1.165) is 10.0 Å². The van der Waals surface area contributed by atoms with Gasteiger partial charge in [-0.1, -0.05) is 17.7 Å². The van der Waals surface area contributed by atoms with E-state index in [1.54, 1.807) is 44.6 Å². The number of carbonyl (C=O) groups excluding carboxylic acids is 1. The van der Waals surface area contributed by atoms with Crippen LogP contribution in [0.5, 0.6) is 11.5 Å². The summed E-state index contributed by atoms with van der Waals surface area (Å²) in [6.07, 6.45) is 1.50. The van der Waals surface area contributed by atoms with E-state index in [9.17, 15) is 4.79 Å². The lowest BCUT2D eigenvalue weighted by Gasteiger charge is -2.09. The van der Waals surface area contributed by atoms with Crippen LogP contribution < -0.4 is 14.9 Å². The van der Waals surface area contributed by atoms with Gasteiger partial charge in [0.1, 0.15) is 11.5 Å². The lowest BCUT2D eigenvalue weighted by atomic mass is 10.1. The highest BCUT2D eigenvalue weighted by Gasteiger charge is 2.09. The number of methoxy groups -OCH3 is 2. The molecule has 0 heterocycles. The maximum Gasteiger partial charge on any atom is 0.271 e. The molecule has 0 saturated heterocycles. The van der Waals surface area contributed by atoms with Crippen molar-refractivity contribution in [3.05, 3.63) is 56.5 Å². The Morgan fingerprint density at radius 3 is 2.54 bits per heavy atom. The normalized spacial score (nSPS) is 10.7. The van der Waals surface area contributed by atoms with Gasteiger partial charge in [-0.25, -0.2) is 5.43 Å². The first kappa shape index (κ1) is 18.3. The molecule has 0 aliphatic heterocycles. The number of ether oxygens (including phenoxy) is 2. The summed E-state index contributed by atoms with van der Waals surface area (Å²) in [6.45, 7) is 1.87. The number of halogens is 2. The van der Waals surface area contributed by atoms with Crippen LogP contribution in [0.1, 0.15) is 21.5 Å². The van der Waals surface area contributed by atoms with Crippen LogP contribution in [0.4, 0.5) is 0 Å². The molecule has 0 aliphatic carbocycles. The number of hydrogen-bond donors (Lipinski definition) is 1. The summed E-state index contributed by atoms with van der Waals surface area (Å²) in [7, 11) is 3.12. The second kappa shape index (κ2) is 8.17. The molecule has 7 heteroatoms. The molecule has 0 radical (unpaired) electrons. The molecule has 0 aromatic heterocycles. The minimum absolute atomic E-state index is 0.348. The topological polar surface area (TPSA) is 59.9 Å². The lowest BCUT2D eigenvalue weighted by molar-refractivity contribution is 0.0955. The Hall–Kier alpha value is -2.05. The van der Waals surface area contributed by atoms with E-state index in [1.165, 1.54) is 6.21 Å². The third-order valence-corrected chi connectivity index (χ3v) is 4.33. The van der Waals surface area contributed by atoms with Crippen molar-refractivity contribution in [1.29, 1.82) is 0 Å². The molecule has 1 N–H and O–H groups in total. The number of hydrogen-bond acceptors (Lipinski definition) is 4. The van der Waals surface area contributed by atoms with E-state index < -0.39 is 0 Å². The Labute approximate surface area is 153 Å². The van der Waals surface area contributed by atoms with Gasteiger partial charge in [0.2, 0.25) is 0 Å². The van der Waals surface area contributed by atoms with Crippen molar-refractivity contribution >= 4 is 39.7 Å². The van der Waals surface area contributed by atoms with Crippen LogP contribution in [0, 0.1) is 6.92 Å². The Morgan fingerprint density at radius 2 is 1.92 bits per heavy atom. The fraction of sp³-hybridized carbons (Fsp3) is 0.176. The zero-order chi connectivity index (χ0) is 17.7. The van der Waals surface area contributed by atoms with Crippen LogP contribution in [0.25, 0.3) is 0 Å². The largest absolute Gasteiger partial charge is 0.496 e. The molecule has 0 saturated carbocycles. The number of nitrogens with one attached hydrogen (secondary N) is 1. The fourth-order valence-electron chi connectivity index (χ4n) is 1.94. The molecule has 0 spiro atoms. The highest BCUT2D eigenvalue weighted by Crippen LogP contribution is 2.31. The van der Waals surface area contributed by atoms with Crippen molar-refractivity contribution in [2.75, 3.05) is 14.2 Å². The smallest absolute Gasteiger partial charge is 0.271 e. The van der Waals surface area contributed by atoms with Gasteiger partial charge in [-0.15, -0.1) is 0 Å². The molecule has 2 aromatic rings. The summed E-state index contributed by atoms with van der Waals surface area (Å²) in [4.78, 5) is 12.1. The van der Waals surface area contributed by atoms with Gasteiger partial charge in [-0.3, -0.25) is 4.79 Å². The van der Waals surface area contributed by atoms with E-state index in [-0.39, 0.29) is 5.91 Å². The summed E-state index contributed by atoms with van der Waals surface area (Å²) >= 11 is 9.42. The molecule has 126 valence electrons. The molecule has 5 nitrogen and oxygen atoms in total. The third-order valence-electron chi connectivity index (χ3n) is 3.31. The summed E-state index contributed by atoms with van der Waals surface area (Å²) in [5.41, 5.74) is 4.49. The maximum atomic E-state index is 12.1. The average molecular weight is 412 g/mol. The van der Waals surface area contributed by atoms with Gasteiger partial charge in [0, 0.05) is 22.2 Å².